The maximum atomic E-state index is 4.62. The summed E-state index contributed by atoms with van der Waals surface area (Å²) >= 11 is 3.71. The van der Waals surface area contributed by atoms with Gasteiger partial charge < -0.3 is 10.2 Å². The first-order valence-electron chi connectivity index (χ1n) is 7.30. The molecule has 1 aromatic heterocycles. The second-order valence-electron chi connectivity index (χ2n) is 5.58. The molecule has 3 nitrogen and oxygen atoms in total. The van der Waals surface area contributed by atoms with E-state index in [1.54, 1.807) is 0 Å². The zero-order chi connectivity index (χ0) is 14.8. The van der Waals surface area contributed by atoms with E-state index in [0.29, 0.717) is 6.04 Å². The van der Waals surface area contributed by atoms with Gasteiger partial charge in [0.05, 0.1) is 4.47 Å². The van der Waals surface area contributed by atoms with Crippen LogP contribution in [0.15, 0.2) is 41.0 Å². The molecule has 0 amide bonds. The van der Waals surface area contributed by atoms with Crippen LogP contribution in [0.3, 0.4) is 0 Å². The van der Waals surface area contributed by atoms with Gasteiger partial charge in [-0.05, 0) is 59.1 Å². The van der Waals surface area contributed by atoms with Crippen LogP contribution < -0.4 is 10.2 Å². The summed E-state index contributed by atoms with van der Waals surface area (Å²) in [5.41, 5.74) is 4.08. The van der Waals surface area contributed by atoms with Gasteiger partial charge in [0, 0.05) is 25.3 Å². The average Bonchev–Trinajstić information content (AvgIpc) is 2.50. The number of halogens is 1. The molecule has 1 unspecified atom stereocenters. The van der Waals surface area contributed by atoms with Gasteiger partial charge in [0.1, 0.15) is 5.82 Å². The van der Waals surface area contributed by atoms with Gasteiger partial charge in [0.2, 0.25) is 0 Å². The molecule has 4 heteroatoms. The molecule has 3 rings (SSSR count). The van der Waals surface area contributed by atoms with Crippen LogP contribution in [0.4, 0.5) is 5.82 Å². The third-order valence-electron chi connectivity index (χ3n) is 4.13. The van der Waals surface area contributed by atoms with E-state index in [4.69, 9.17) is 0 Å². The van der Waals surface area contributed by atoms with Gasteiger partial charge in [-0.3, -0.25) is 0 Å². The fourth-order valence-corrected chi connectivity index (χ4v) is 3.44. The molecule has 1 aliphatic heterocycles. The number of aromatic nitrogens is 1. The van der Waals surface area contributed by atoms with Gasteiger partial charge in [0.15, 0.2) is 0 Å². The molecule has 21 heavy (non-hydrogen) atoms. The highest BCUT2D eigenvalue weighted by Gasteiger charge is 2.27. The number of fused-ring (bicyclic) bond motifs is 1. The van der Waals surface area contributed by atoms with Crippen LogP contribution in [-0.2, 0) is 13.0 Å². The molecule has 0 saturated heterocycles. The van der Waals surface area contributed by atoms with Crippen molar-refractivity contribution >= 4 is 21.7 Å². The average molecular weight is 346 g/mol. The molecule has 0 bridgehead atoms. The van der Waals surface area contributed by atoms with Crippen LogP contribution in [0.1, 0.15) is 16.7 Å². The van der Waals surface area contributed by atoms with Gasteiger partial charge in [-0.25, -0.2) is 4.98 Å². The fourth-order valence-electron chi connectivity index (χ4n) is 2.98. The van der Waals surface area contributed by atoms with Crippen LogP contribution in [0.25, 0.3) is 0 Å². The smallest absolute Gasteiger partial charge is 0.143 e. The first-order chi connectivity index (χ1) is 10.2. The summed E-state index contributed by atoms with van der Waals surface area (Å²) in [4.78, 5) is 7.03. The van der Waals surface area contributed by atoms with Crippen molar-refractivity contribution in [3.8, 4) is 0 Å². The lowest BCUT2D eigenvalue weighted by atomic mass is 9.94. The molecule has 0 saturated carbocycles. The van der Waals surface area contributed by atoms with Crippen molar-refractivity contribution in [3.63, 3.8) is 0 Å². The number of hydrogen-bond acceptors (Lipinski definition) is 3. The maximum absolute atomic E-state index is 4.62. The highest BCUT2D eigenvalue weighted by atomic mass is 79.9. The number of likely N-dealkylation sites (N-methyl/N-ethyl adjacent to an activating group) is 1. The standard InChI is InChI=1S/C17H20BrN3/c1-12-7-8-20-17(16(12)18)21-11-14-6-4-3-5-13(14)9-15(21)10-19-2/h3-8,15,19H,9-11H2,1-2H3. The van der Waals surface area contributed by atoms with E-state index < -0.39 is 0 Å². The summed E-state index contributed by atoms with van der Waals surface area (Å²) in [5.74, 6) is 1.05. The lowest BCUT2D eigenvalue weighted by molar-refractivity contribution is 0.522. The molecule has 1 aliphatic rings. The molecule has 0 aliphatic carbocycles. The first-order valence-corrected chi connectivity index (χ1v) is 8.09. The zero-order valence-electron chi connectivity index (χ0n) is 12.4. The van der Waals surface area contributed by atoms with E-state index in [0.717, 1.165) is 29.8 Å². The molecular weight excluding hydrogens is 326 g/mol. The van der Waals surface area contributed by atoms with E-state index in [9.17, 15) is 0 Å². The van der Waals surface area contributed by atoms with E-state index in [2.05, 4.69) is 62.3 Å². The second kappa shape index (κ2) is 6.16. The normalized spacial score (nSPS) is 17.7. The lowest BCUT2D eigenvalue weighted by Crippen LogP contribution is -2.46. The highest BCUT2D eigenvalue weighted by molar-refractivity contribution is 9.10. The van der Waals surface area contributed by atoms with E-state index in [1.165, 1.54) is 16.7 Å². The monoisotopic (exact) mass is 345 g/mol. The van der Waals surface area contributed by atoms with Crippen LogP contribution in [-0.4, -0.2) is 24.6 Å². The Kier molecular flexibility index (Phi) is 4.27. The van der Waals surface area contributed by atoms with Gasteiger partial charge in [0.25, 0.3) is 0 Å². The Bertz CT molecular complexity index is 642. The Balaban J connectivity index is 2.01. The van der Waals surface area contributed by atoms with Gasteiger partial charge in [-0.2, -0.15) is 0 Å². The summed E-state index contributed by atoms with van der Waals surface area (Å²) in [6.07, 6.45) is 2.95. The summed E-state index contributed by atoms with van der Waals surface area (Å²) in [6.45, 7) is 3.98. The van der Waals surface area contributed by atoms with Crippen molar-refractivity contribution in [2.45, 2.75) is 25.9 Å². The highest BCUT2D eigenvalue weighted by Crippen LogP contribution is 2.33. The zero-order valence-corrected chi connectivity index (χ0v) is 14.0. The molecule has 1 N–H and O–H groups in total. The Morgan fingerprint density at radius 2 is 2.05 bits per heavy atom. The van der Waals surface area contributed by atoms with Crippen LogP contribution in [0, 0.1) is 6.92 Å². The SMILES string of the molecule is CNCC1Cc2ccccc2CN1c1nccc(C)c1Br. The van der Waals surface area contributed by atoms with Gasteiger partial charge in [-0.15, -0.1) is 0 Å². The predicted octanol–water partition coefficient (Wildman–Crippen LogP) is 3.30. The molecule has 1 aromatic carbocycles. The van der Waals surface area contributed by atoms with E-state index in [1.807, 2.05) is 19.3 Å². The Morgan fingerprint density at radius 1 is 1.29 bits per heavy atom. The Labute approximate surface area is 134 Å². The van der Waals surface area contributed by atoms with Crippen molar-refractivity contribution in [3.05, 3.63) is 57.7 Å². The number of aryl methyl sites for hydroxylation is 1. The minimum absolute atomic E-state index is 0.426. The second-order valence-corrected chi connectivity index (χ2v) is 6.37. The molecular formula is C17H20BrN3. The summed E-state index contributed by atoms with van der Waals surface area (Å²) in [5, 5.41) is 3.32. The minimum Gasteiger partial charge on any atom is -0.347 e. The molecule has 110 valence electrons. The van der Waals surface area contributed by atoms with Crippen LogP contribution >= 0.6 is 15.9 Å². The van der Waals surface area contributed by atoms with Crippen molar-refractivity contribution < 1.29 is 0 Å². The van der Waals surface area contributed by atoms with Crippen LogP contribution in [0.5, 0.6) is 0 Å². The minimum atomic E-state index is 0.426. The van der Waals surface area contributed by atoms with Gasteiger partial charge in [-0.1, -0.05) is 24.3 Å². The summed E-state index contributed by atoms with van der Waals surface area (Å²) in [7, 11) is 2.01. The Morgan fingerprint density at radius 3 is 2.81 bits per heavy atom. The Hall–Kier alpha value is -1.39. The molecule has 2 heterocycles. The quantitative estimate of drug-likeness (QED) is 0.924. The molecule has 0 fully saturated rings. The molecule has 2 aromatic rings. The summed E-state index contributed by atoms with van der Waals surface area (Å²) < 4.78 is 1.10. The molecule has 0 spiro atoms. The number of pyridine rings is 1. The number of anilines is 1. The van der Waals surface area contributed by atoms with Crippen molar-refractivity contribution in [1.29, 1.82) is 0 Å². The van der Waals surface area contributed by atoms with E-state index in [-0.39, 0.29) is 0 Å². The number of nitrogens with one attached hydrogen (secondary N) is 1. The van der Waals surface area contributed by atoms with Crippen molar-refractivity contribution in [2.24, 2.45) is 0 Å². The van der Waals surface area contributed by atoms with Crippen molar-refractivity contribution in [1.82, 2.24) is 10.3 Å². The maximum Gasteiger partial charge on any atom is 0.143 e. The summed E-state index contributed by atoms with van der Waals surface area (Å²) in [6, 6.07) is 11.2. The third-order valence-corrected chi connectivity index (χ3v) is 5.11. The number of hydrogen-bond donors (Lipinski definition) is 1. The molecule has 1 atom stereocenters. The van der Waals surface area contributed by atoms with E-state index >= 15 is 0 Å². The lowest BCUT2D eigenvalue weighted by Gasteiger charge is -2.38. The number of benzene rings is 1. The topological polar surface area (TPSA) is 28.2 Å². The first kappa shape index (κ1) is 14.5. The predicted molar refractivity (Wildman–Crippen MR) is 90.7 cm³/mol. The van der Waals surface area contributed by atoms with Crippen LogP contribution in [0.2, 0.25) is 0 Å². The van der Waals surface area contributed by atoms with Gasteiger partial charge >= 0.3 is 0 Å². The van der Waals surface area contributed by atoms with Crippen molar-refractivity contribution in [2.75, 3.05) is 18.5 Å². The number of nitrogens with zero attached hydrogens (tertiary/aromatic N) is 2. The number of rotatable bonds is 3. The largest absolute Gasteiger partial charge is 0.347 e. The molecule has 0 radical (unpaired) electrons. The third kappa shape index (κ3) is 2.83. The fraction of sp³-hybridized carbons (Fsp3) is 0.353.